The normalized spacial score (nSPS) is 60.0. The van der Waals surface area contributed by atoms with E-state index in [4.69, 9.17) is 0 Å². The van der Waals surface area contributed by atoms with Crippen LogP contribution in [-0.2, 0) is 0 Å². The fourth-order valence-corrected chi connectivity index (χ4v) is 11.2. The predicted octanol–water partition coefficient (Wildman–Crippen LogP) is 7.86. The van der Waals surface area contributed by atoms with Crippen molar-refractivity contribution in [2.24, 2.45) is 56.7 Å². The van der Waals surface area contributed by atoms with Crippen LogP contribution in [0, 0.1) is 56.7 Å². The molecule has 0 radical (unpaired) electrons. The molecule has 5 aliphatic carbocycles. The van der Waals surface area contributed by atoms with Crippen LogP contribution in [0.5, 0.6) is 0 Å². The molecule has 0 amide bonds. The maximum Gasteiger partial charge on any atom is 0.0594 e. The lowest BCUT2D eigenvalue weighted by molar-refractivity contribution is -0.251. The SMILES string of the molecule is CC1CCC2(C)CC[C@]3(C)C(CCC4C5(C)CCC(O)C(C)(C)C5CCC43C)C2C1. The van der Waals surface area contributed by atoms with Gasteiger partial charge in [0.1, 0.15) is 0 Å². The third-order valence-electron chi connectivity index (χ3n) is 13.4. The van der Waals surface area contributed by atoms with Gasteiger partial charge in [0.15, 0.2) is 0 Å². The van der Waals surface area contributed by atoms with Gasteiger partial charge in [-0.2, -0.15) is 0 Å². The van der Waals surface area contributed by atoms with Crippen LogP contribution < -0.4 is 0 Å². The molecule has 30 heavy (non-hydrogen) atoms. The van der Waals surface area contributed by atoms with E-state index >= 15 is 0 Å². The van der Waals surface area contributed by atoms with Gasteiger partial charge >= 0.3 is 0 Å². The summed E-state index contributed by atoms with van der Waals surface area (Å²) < 4.78 is 0. The van der Waals surface area contributed by atoms with E-state index in [0.717, 1.165) is 30.1 Å². The van der Waals surface area contributed by atoms with Crippen LogP contribution in [0.15, 0.2) is 0 Å². The molecule has 172 valence electrons. The molecule has 1 heteroatoms. The molecule has 5 rings (SSSR count). The molecular weight excluding hydrogens is 364 g/mol. The zero-order valence-corrected chi connectivity index (χ0v) is 21.2. The van der Waals surface area contributed by atoms with Gasteiger partial charge in [-0.1, -0.05) is 54.9 Å². The van der Waals surface area contributed by atoms with Crippen LogP contribution in [0.2, 0.25) is 0 Å². The van der Waals surface area contributed by atoms with Crippen LogP contribution in [0.25, 0.3) is 0 Å². The molecule has 0 heterocycles. The van der Waals surface area contributed by atoms with Crippen molar-refractivity contribution in [3.05, 3.63) is 0 Å². The van der Waals surface area contributed by atoms with Gasteiger partial charge in [-0.25, -0.2) is 0 Å². The number of hydrogen-bond donors (Lipinski definition) is 1. The summed E-state index contributed by atoms with van der Waals surface area (Å²) in [6.07, 6.45) is 15.2. The Morgan fingerprint density at radius 1 is 0.633 bits per heavy atom. The Bertz CT molecular complexity index is 696. The third-order valence-corrected chi connectivity index (χ3v) is 13.4. The second-order valence-electron chi connectivity index (χ2n) is 14.7. The standard InChI is InChI=1S/C29H50O/c1-19-10-13-26(4)16-17-28(6)20(21(26)18-19)8-9-23-27(5)14-12-24(30)25(2,3)22(27)11-15-29(23,28)7/h19-24,30H,8-18H2,1-7H3/t19?,20?,21?,22?,23?,24?,26?,27?,28-,29?/m1/s1. The van der Waals surface area contributed by atoms with E-state index in [1.165, 1.54) is 64.2 Å². The van der Waals surface area contributed by atoms with Gasteiger partial charge < -0.3 is 5.11 Å². The van der Waals surface area contributed by atoms with E-state index in [9.17, 15) is 5.11 Å². The van der Waals surface area contributed by atoms with Crippen LogP contribution in [0.3, 0.4) is 0 Å². The fraction of sp³-hybridized carbons (Fsp3) is 1.00. The first-order valence-corrected chi connectivity index (χ1v) is 13.6. The number of aliphatic hydroxyl groups is 1. The first kappa shape index (κ1) is 21.8. The van der Waals surface area contributed by atoms with Gasteiger partial charge in [-0.3, -0.25) is 0 Å². The van der Waals surface area contributed by atoms with Crippen LogP contribution in [0.4, 0.5) is 0 Å². The van der Waals surface area contributed by atoms with Crippen LogP contribution >= 0.6 is 0 Å². The predicted molar refractivity (Wildman–Crippen MR) is 126 cm³/mol. The smallest absolute Gasteiger partial charge is 0.0594 e. The average molecular weight is 415 g/mol. The molecule has 5 aliphatic rings. The Hall–Kier alpha value is -0.0400. The maximum atomic E-state index is 10.9. The minimum absolute atomic E-state index is 0.0794. The molecule has 5 saturated carbocycles. The second-order valence-corrected chi connectivity index (χ2v) is 14.7. The van der Waals surface area contributed by atoms with E-state index in [1.807, 2.05) is 0 Å². The third kappa shape index (κ3) is 2.57. The highest BCUT2D eigenvalue weighted by atomic mass is 16.3. The molecule has 0 bridgehead atoms. The largest absolute Gasteiger partial charge is 0.393 e. The fourth-order valence-electron chi connectivity index (χ4n) is 11.2. The van der Waals surface area contributed by atoms with Gasteiger partial charge in [0.2, 0.25) is 0 Å². The highest BCUT2D eigenvalue weighted by Crippen LogP contribution is 2.76. The van der Waals surface area contributed by atoms with Gasteiger partial charge in [-0.15, -0.1) is 0 Å². The molecule has 9 unspecified atom stereocenters. The lowest BCUT2D eigenvalue weighted by Gasteiger charge is -2.73. The van der Waals surface area contributed by atoms with E-state index < -0.39 is 0 Å². The lowest BCUT2D eigenvalue weighted by Crippen LogP contribution is -2.66. The lowest BCUT2D eigenvalue weighted by atomic mass is 9.32. The summed E-state index contributed by atoms with van der Waals surface area (Å²) in [5.74, 6) is 4.39. The zero-order chi connectivity index (χ0) is 21.7. The molecule has 1 nitrogen and oxygen atoms in total. The van der Waals surface area contributed by atoms with Gasteiger partial charge in [0.05, 0.1) is 6.10 Å². The van der Waals surface area contributed by atoms with Crippen LogP contribution in [-0.4, -0.2) is 11.2 Å². The molecule has 0 spiro atoms. The first-order valence-electron chi connectivity index (χ1n) is 13.6. The zero-order valence-electron chi connectivity index (χ0n) is 21.2. The Morgan fingerprint density at radius 2 is 1.37 bits per heavy atom. The highest BCUT2D eigenvalue weighted by Gasteiger charge is 2.69. The minimum atomic E-state index is -0.106. The van der Waals surface area contributed by atoms with Gasteiger partial charge in [0.25, 0.3) is 0 Å². The van der Waals surface area contributed by atoms with E-state index in [1.54, 1.807) is 0 Å². The summed E-state index contributed by atoms with van der Waals surface area (Å²) in [6.45, 7) is 18.1. The maximum absolute atomic E-state index is 10.9. The van der Waals surface area contributed by atoms with Crippen molar-refractivity contribution < 1.29 is 5.11 Å². The van der Waals surface area contributed by atoms with Gasteiger partial charge in [0, 0.05) is 0 Å². The average Bonchev–Trinajstić information content (AvgIpc) is 2.67. The van der Waals surface area contributed by atoms with E-state index in [2.05, 4.69) is 48.5 Å². The van der Waals surface area contributed by atoms with Crippen molar-refractivity contribution >= 4 is 0 Å². The molecule has 0 saturated heterocycles. The number of hydrogen-bond acceptors (Lipinski definition) is 1. The Kier molecular flexibility index (Phi) is 4.73. The van der Waals surface area contributed by atoms with Crippen molar-refractivity contribution in [2.45, 2.75) is 125 Å². The van der Waals surface area contributed by atoms with E-state index in [0.29, 0.717) is 27.6 Å². The van der Waals surface area contributed by atoms with Crippen LogP contribution in [0.1, 0.15) is 119 Å². The molecule has 0 aromatic carbocycles. The summed E-state index contributed by atoms with van der Waals surface area (Å²) in [5.41, 5.74) is 2.13. The van der Waals surface area contributed by atoms with E-state index in [-0.39, 0.29) is 11.5 Å². The quantitative estimate of drug-likeness (QED) is 0.427. The molecule has 5 fully saturated rings. The topological polar surface area (TPSA) is 20.2 Å². The molecular formula is C29H50O. The van der Waals surface area contributed by atoms with Crippen molar-refractivity contribution in [3.63, 3.8) is 0 Å². The van der Waals surface area contributed by atoms with Crippen molar-refractivity contribution in [1.82, 2.24) is 0 Å². The van der Waals surface area contributed by atoms with Gasteiger partial charge in [-0.05, 0) is 121 Å². The minimum Gasteiger partial charge on any atom is -0.393 e. The summed E-state index contributed by atoms with van der Waals surface area (Å²) >= 11 is 0. The Labute approximate surface area is 187 Å². The molecule has 10 atom stereocenters. The monoisotopic (exact) mass is 414 g/mol. The summed E-state index contributed by atoms with van der Waals surface area (Å²) in [5, 5.41) is 10.9. The van der Waals surface area contributed by atoms with Crippen molar-refractivity contribution in [2.75, 3.05) is 0 Å². The molecule has 0 aromatic heterocycles. The summed E-state index contributed by atoms with van der Waals surface area (Å²) in [6, 6.07) is 0. The molecule has 0 aliphatic heterocycles. The summed E-state index contributed by atoms with van der Waals surface area (Å²) in [7, 11) is 0. The number of fused-ring (bicyclic) bond motifs is 7. The number of rotatable bonds is 0. The first-order chi connectivity index (χ1) is 13.9. The summed E-state index contributed by atoms with van der Waals surface area (Å²) in [4.78, 5) is 0. The second kappa shape index (κ2) is 6.51. The highest BCUT2D eigenvalue weighted by molar-refractivity contribution is 5.18. The number of aliphatic hydroxyl groups excluding tert-OH is 1. The van der Waals surface area contributed by atoms with Crippen molar-refractivity contribution in [3.8, 4) is 0 Å². The molecule has 0 aromatic rings. The molecule has 1 N–H and O–H groups in total. The van der Waals surface area contributed by atoms with Crippen molar-refractivity contribution in [1.29, 1.82) is 0 Å². The Morgan fingerprint density at radius 3 is 2.10 bits per heavy atom. The Balaban J connectivity index is 1.52.